The minimum atomic E-state index is -3.05. The Labute approximate surface area is 123 Å². The zero-order valence-electron chi connectivity index (χ0n) is 11.1. The van der Waals surface area contributed by atoms with Gasteiger partial charge in [0.05, 0.1) is 24.5 Å². The van der Waals surface area contributed by atoms with Crippen LogP contribution in [0.1, 0.15) is 12.0 Å². The molecule has 1 heterocycles. The maximum atomic E-state index is 11.9. The molecule has 1 aliphatic heterocycles. The summed E-state index contributed by atoms with van der Waals surface area (Å²) >= 11 is 5.91. The van der Waals surface area contributed by atoms with Gasteiger partial charge in [0.1, 0.15) is 5.75 Å². The third kappa shape index (κ3) is 3.64. The number of sulfone groups is 1. The van der Waals surface area contributed by atoms with Crippen LogP contribution in [0, 0.1) is 5.92 Å². The molecule has 0 saturated carbocycles. The number of nitrogens with one attached hydrogen (secondary N) is 1. The Hall–Kier alpha value is -1.27. The van der Waals surface area contributed by atoms with Gasteiger partial charge >= 0.3 is 0 Å². The Morgan fingerprint density at radius 2 is 2.25 bits per heavy atom. The molecular formula is C13H16ClNO4S. The predicted octanol–water partition coefficient (Wildman–Crippen LogP) is 1.40. The van der Waals surface area contributed by atoms with Crippen LogP contribution < -0.4 is 10.1 Å². The van der Waals surface area contributed by atoms with Crippen molar-refractivity contribution in [2.45, 2.75) is 13.0 Å². The molecule has 2 rings (SSSR count). The molecule has 0 aromatic heterocycles. The van der Waals surface area contributed by atoms with Crippen LogP contribution in [0.25, 0.3) is 0 Å². The van der Waals surface area contributed by atoms with Crippen LogP contribution >= 0.6 is 11.6 Å². The molecule has 1 amide bonds. The van der Waals surface area contributed by atoms with Gasteiger partial charge in [-0.3, -0.25) is 4.79 Å². The summed E-state index contributed by atoms with van der Waals surface area (Å²) in [4.78, 5) is 11.9. The standard InChI is InChI=1S/C13H16ClNO4S/c1-19-12-3-2-11(14)6-10(12)7-15-13(16)9-4-5-20(17,18)8-9/h2-3,6,9H,4-5,7-8H2,1H3,(H,15,16)/t9-/m0/s1. The van der Waals surface area contributed by atoms with E-state index in [1.165, 1.54) is 7.11 Å². The SMILES string of the molecule is COc1ccc(Cl)cc1CNC(=O)[C@H]1CCS(=O)(=O)C1. The number of hydrogen-bond acceptors (Lipinski definition) is 4. The first-order valence-corrected chi connectivity index (χ1v) is 8.42. The second kappa shape index (κ2) is 6.01. The number of ether oxygens (including phenoxy) is 1. The highest BCUT2D eigenvalue weighted by Gasteiger charge is 2.32. The van der Waals surface area contributed by atoms with Crippen molar-refractivity contribution >= 4 is 27.3 Å². The van der Waals surface area contributed by atoms with E-state index in [0.717, 1.165) is 5.56 Å². The number of benzene rings is 1. The number of carbonyl (C=O) groups excluding carboxylic acids is 1. The minimum absolute atomic E-state index is 0.0640. The topological polar surface area (TPSA) is 72.5 Å². The second-order valence-corrected chi connectivity index (χ2v) is 7.44. The zero-order valence-corrected chi connectivity index (χ0v) is 12.6. The number of amides is 1. The molecule has 0 spiro atoms. The lowest BCUT2D eigenvalue weighted by Gasteiger charge is -2.12. The summed E-state index contributed by atoms with van der Waals surface area (Å²) in [7, 11) is -1.51. The van der Waals surface area contributed by atoms with E-state index < -0.39 is 15.8 Å². The van der Waals surface area contributed by atoms with Crippen molar-refractivity contribution in [3.8, 4) is 5.75 Å². The van der Waals surface area contributed by atoms with E-state index in [1.54, 1.807) is 18.2 Å². The third-order valence-corrected chi connectivity index (χ3v) is 5.30. The van der Waals surface area contributed by atoms with E-state index in [1.807, 2.05) is 0 Å². The largest absolute Gasteiger partial charge is 0.496 e. The maximum Gasteiger partial charge on any atom is 0.224 e. The Kier molecular flexibility index (Phi) is 4.55. The minimum Gasteiger partial charge on any atom is -0.496 e. The van der Waals surface area contributed by atoms with Crippen LogP contribution in [0.2, 0.25) is 5.02 Å². The Morgan fingerprint density at radius 3 is 2.85 bits per heavy atom. The van der Waals surface area contributed by atoms with Crippen molar-refractivity contribution in [3.63, 3.8) is 0 Å². The fraction of sp³-hybridized carbons (Fsp3) is 0.462. The highest BCUT2D eigenvalue weighted by molar-refractivity contribution is 7.91. The van der Waals surface area contributed by atoms with Crippen LogP contribution in [-0.4, -0.2) is 32.9 Å². The first kappa shape index (κ1) is 15.1. The molecule has 1 fully saturated rings. The van der Waals surface area contributed by atoms with E-state index in [0.29, 0.717) is 17.2 Å². The van der Waals surface area contributed by atoms with Crippen molar-refractivity contribution in [1.29, 1.82) is 0 Å². The van der Waals surface area contributed by atoms with Crippen molar-refractivity contribution in [2.24, 2.45) is 5.92 Å². The average molecular weight is 318 g/mol. The first-order chi connectivity index (χ1) is 9.41. The smallest absolute Gasteiger partial charge is 0.224 e. The average Bonchev–Trinajstić information content (AvgIpc) is 2.76. The second-order valence-electron chi connectivity index (χ2n) is 4.77. The van der Waals surface area contributed by atoms with Gasteiger partial charge in [0, 0.05) is 17.1 Å². The summed E-state index contributed by atoms with van der Waals surface area (Å²) in [6.07, 6.45) is 0.390. The molecule has 1 aliphatic rings. The van der Waals surface area contributed by atoms with Gasteiger partial charge in [-0.05, 0) is 24.6 Å². The van der Waals surface area contributed by atoms with Crippen LogP contribution in [0.5, 0.6) is 5.75 Å². The zero-order chi connectivity index (χ0) is 14.8. The normalized spacial score (nSPS) is 20.6. The first-order valence-electron chi connectivity index (χ1n) is 6.22. The van der Waals surface area contributed by atoms with Gasteiger partial charge in [-0.15, -0.1) is 0 Å². The molecule has 20 heavy (non-hydrogen) atoms. The Bertz CT molecular complexity index is 615. The van der Waals surface area contributed by atoms with Crippen molar-refractivity contribution in [3.05, 3.63) is 28.8 Å². The number of carbonyl (C=O) groups is 1. The van der Waals surface area contributed by atoms with E-state index in [9.17, 15) is 13.2 Å². The molecule has 7 heteroatoms. The Balaban J connectivity index is 1.99. The van der Waals surface area contributed by atoms with E-state index in [-0.39, 0.29) is 24.0 Å². The quantitative estimate of drug-likeness (QED) is 0.911. The Morgan fingerprint density at radius 1 is 1.50 bits per heavy atom. The van der Waals surface area contributed by atoms with E-state index >= 15 is 0 Å². The molecule has 0 unspecified atom stereocenters. The number of halogens is 1. The summed E-state index contributed by atoms with van der Waals surface area (Å²) in [5.41, 5.74) is 0.759. The molecule has 0 aliphatic carbocycles. The summed E-state index contributed by atoms with van der Waals surface area (Å²) in [5, 5.41) is 3.29. The van der Waals surface area contributed by atoms with Gasteiger partial charge < -0.3 is 10.1 Å². The molecule has 1 N–H and O–H groups in total. The molecule has 1 saturated heterocycles. The lowest BCUT2D eigenvalue weighted by Crippen LogP contribution is -2.31. The van der Waals surface area contributed by atoms with Crippen LogP contribution in [0.4, 0.5) is 0 Å². The molecule has 0 bridgehead atoms. The summed E-state index contributed by atoms with van der Waals surface area (Å²) in [5.74, 6) is -0.0381. The summed E-state index contributed by atoms with van der Waals surface area (Å²) in [6, 6.07) is 5.14. The number of methoxy groups -OCH3 is 1. The van der Waals surface area contributed by atoms with Crippen molar-refractivity contribution < 1.29 is 17.9 Å². The van der Waals surface area contributed by atoms with Crippen LogP contribution in [0.3, 0.4) is 0 Å². The predicted molar refractivity (Wildman–Crippen MR) is 76.6 cm³/mol. The molecule has 5 nitrogen and oxygen atoms in total. The van der Waals surface area contributed by atoms with Crippen LogP contribution in [0.15, 0.2) is 18.2 Å². The lowest BCUT2D eigenvalue weighted by molar-refractivity contribution is -0.124. The number of hydrogen-bond donors (Lipinski definition) is 1. The lowest BCUT2D eigenvalue weighted by atomic mass is 10.1. The van der Waals surface area contributed by atoms with Gasteiger partial charge in [0.2, 0.25) is 5.91 Å². The molecule has 0 radical (unpaired) electrons. The summed E-state index contributed by atoms with van der Waals surface area (Å²) in [6.45, 7) is 0.263. The molecule has 1 atom stereocenters. The van der Waals surface area contributed by atoms with Gasteiger partial charge in [-0.1, -0.05) is 11.6 Å². The van der Waals surface area contributed by atoms with Crippen molar-refractivity contribution in [1.82, 2.24) is 5.32 Å². The fourth-order valence-electron chi connectivity index (χ4n) is 2.21. The van der Waals surface area contributed by atoms with E-state index in [4.69, 9.17) is 16.3 Å². The number of rotatable bonds is 4. The van der Waals surface area contributed by atoms with Gasteiger partial charge in [-0.25, -0.2) is 8.42 Å². The molecule has 1 aromatic carbocycles. The monoisotopic (exact) mass is 317 g/mol. The third-order valence-electron chi connectivity index (χ3n) is 3.30. The summed E-state index contributed by atoms with van der Waals surface area (Å²) < 4.78 is 27.9. The molecule has 1 aromatic rings. The fourth-order valence-corrected chi connectivity index (χ4v) is 4.15. The van der Waals surface area contributed by atoms with Gasteiger partial charge in [-0.2, -0.15) is 0 Å². The maximum absolute atomic E-state index is 11.9. The van der Waals surface area contributed by atoms with Crippen LogP contribution in [-0.2, 0) is 21.2 Å². The van der Waals surface area contributed by atoms with Gasteiger partial charge in [0.15, 0.2) is 9.84 Å². The highest BCUT2D eigenvalue weighted by atomic mass is 35.5. The van der Waals surface area contributed by atoms with Gasteiger partial charge in [0.25, 0.3) is 0 Å². The van der Waals surface area contributed by atoms with Crippen molar-refractivity contribution in [2.75, 3.05) is 18.6 Å². The van der Waals surface area contributed by atoms with E-state index in [2.05, 4.69) is 5.32 Å². The molecule has 110 valence electrons. The highest BCUT2D eigenvalue weighted by Crippen LogP contribution is 2.23. The molecular weight excluding hydrogens is 302 g/mol.